The number of nitrogens with two attached hydrogens (primary N) is 1. The fourth-order valence-electron chi connectivity index (χ4n) is 2.93. The molecule has 6 heteroatoms. The summed E-state index contributed by atoms with van der Waals surface area (Å²) in [6, 6.07) is 0. The number of thiol groups is 2. The highest BCUT2D eigenvalue weighted by molar-refractivity contribution is 7.82. The molecule has 0 rings (SSSR count). The first-order chi connectivity index (χ1) is 9.42. The van der Waals surface area contributed by atoms with Gasteiger partial charge in [0, 0.05) is 22.6 Å². The third-order valence-corrected chi connectivity index (χ3v) is 3.64. The molecule has 0 amide bonds. The number of aliphatic carboxylic acids is 1. The number of carbonyl (C=O) groups is 1. The maximum Gasteiger partial charge on any atom is 0.309 e. The second-order valence-corrected chi connectivity index (χ2v) is 9.63. The van der Waals surface area contributed by atoms with Crippen molar-refractivity contribution in [3.05, 3.63) is 0 Å². The van der Waals surface area contributed by atoms with Crippen molar-refractivity contribution in [2.24, 2.45) is 11.1 Å². The van der Waals surface area contributed by atoms with Crippen LogP contribution in [0.2, 0.25) is 0 Å². The van der Waals surface area contributed by atoms with Gasteiger partial charge in [-0.1, -0.05) is 27.7 Å². The van der Waals surface area contributed by atoms with Crippen molar-refractivity contribution >= 4 is 31.2 Å². The molecule has 0 saturated heterocycles. The van der Waals surface area contributed by atoms with Crippen LogP contribution in [0.25, 0.3) is 0 Å². The SMILES string of the molecule is CC(C)(S)CC(CCCNCCN)(CC(C)(C)S)C(=O)O. The van der Waals surface area contributed by atoms with Gasteiger partial charge >= 0.3 is 5.97 Å². The van der Waals surface area contributed by atoms with Crippen molar-refractivity contribution in [3.63, 3.8) is 0 Å². The van der Waals surface area contributed by atoms with E-state index in [1.54, 1.807) is 0 Å². The number of nitrogens with one attached hydrogen (secondary N) is 1. The highest BCUT2D eigenvalue weighted by Gasteiger charge is 2.44. The molecule has 0 radical (unpaired) electrons. The topological polar surface area (TPSA) is 75.3 Å². The summed E-state index contributed by atoms with van der Waals surface area (Å²) in [6.45, 7) is 10.00. The summed E-state index contributed by atoms with van der Waals surface area (Å²) < 4.78 is -0.662. The molecule has 0 aromatic rings. The number of rotatable bonds is 11. The van der Waals surface area contributed by atoms with Gasteiger partial charge in [-0.15, -0.1) is 0 Å². The summed E-state index contributed by atoms with van der Waals surface area (Å²) in [7, 11) is 0. The van der Waals surface area contributed by atoms with Gasteiger partial charge in [-0.05, 0) is 32.2 Å². The van der Waals surface area contributed by atoms with Gasteiger partial charge in [-0.25, -0.2) is 0 Å². The van der Waals surface area contributed by atoms with E-state index < -0.39 is 11.4 Å². The van der Waals surface area contributed by atoms with Crippen LogP contribution in [-0.4, -0.2) is 40.2 Å². The van der Waals surface area contributed by atoms with Gasteiger partial charge < -0.3 is 16.2 Å². The van der Waals surface area contributed by atoms with Gasteiger partial charge in [-0.3, -0.25) is 4.79 Å². The molecule has 0 saturated carbocycles. The second-order valence-electron chi connectivity index (χ2n) is 7.21. The van der Waals surface area contributed by atoms with Crippen molar-refractivity contribution < 1.29 is 9.90 Å². The van der Waals surface area contributed by atoms with Gasteiger partial charge in [-0.2, -0.15) is 25.3 Å². The molecular weight excluding hydrogens is 304 g/mol. The molecule has 0 aromatic carbocycles. The first-order valence-electron chi connectivity index (χ1n) is 7.51. The summed E-state index contributed by atoms with van der Waals surface area (Å²) in [5.41, 5.74) is 4.64. The Bertz CT molecular complexity index is 307. The summed E-state index contributed by atoms with van der Waals surface area (Å²) in [5.74, 6) is -0.745. The minimum atomic E-state index is -0.791. The molecule has 0 aliphatic rings. The molecule has 126 valence electrons. The largest absolute Gasteiger partial charge is 0.481 e. The molecule has 0 bridgehead atoms. The van der Waals surface area contributed by atoms with Crippen LogP contribution in [-0.2, 0) is 4.79 Å². The highest BCUT2D eigenvalue weighted by atomic mass is 32.1. The average Bonchev–Trinajstić information content (AvgIpc) is 2.23. The van der Waals surface area contributed by atoms with E-state index in [0.717, 1.165) is 19.5 Å². The predicted octanol–water partition coefficient (Wildman–Crippen LogP) is 2.58. The molecule has 4 nitrogen and oxygen atoms in total. The Hall–Kier alpha value is 0.0900. The molecule has 0 aliphatic carbocycles. The van der Waals surface area contributed by atoms with Crippen molar-refractivity contribution in [1.82, 2.24) is 5.32 Å². The minimum Gasteiger partial charge on any atom is -0.481 e. The van der Waals surface area contributed by atoms with E-state index in [1.165, 1.54) is 0 Å². The Balaban J connectivity index is 4.97. The third kappa shape index (κ3) is 9.66. The average molecular weight is 337 g/mol. The van der Waals surface area contributed by atoms with Crippen LogP contribution in [0.3, 0.4) is 0 Å². The van der Waals surface area contributed by atoms with Crippen LogP contribution >= 0.6 is 25.3 Å². The zero-order valence-electron chi connectivity index (χ0n) is 13.8. The monoisotopic (exact) mass is 336 g/mol. The van der Waals surface area contributed by atoms with E-state index >= 15 is 0 Å². The lowest BCUT2D eigenvalue weighted by Crippen LogP contribution is -2.41. The Labute approximate surface area is 140 Å². The number of carboxylic acids is 1. The molecule has 0 spiro atoms. The van der Waals surface area contributed by atoms with Crippen LogP contribution in [0.15, 0.2) is 0 Å². The maximum absolute atomic E-state index is 12.0. The molecule has 0 atom stereocenters. The molecule has 0 aromatic heterocycles. The van der Waals surface area contributed by atoms with Gasteiger partial charge in [0.25, 0.3) is 0 Å². The second kappa shape index (κ2) is 8.65. The van der Waals surface area contributed by atoms with Gasteiger partial charge in [0.2, 0.25) is 0 Å². The summed E-state index contributed by atoms with van der Waals surface area (Å²) >= 11 is 9.10. The van der Waals surface area contributed by atoms with Gasteiger partial charge in [0.05, 0.1) is 5.41 Å². The van der Waals surface area contributed by atoms with Crippen LogP contribution in [0.1, 0.15) is 53.4 Å². The summed E-state index contributed by atoms with van der Waals surface area (Å²) in [5, 5.41) is 13.1. The standard InChI is InChI=1S/C15H32N2O2S2/c1-13(2,20)10-15(12(18)19,11-14(3,4)21)6-5-8-17-9-7-16/h17,20-21H,5-11,16H2,1-4H3,(H,18,19). The van der Waals surface area contributed by atoms with Crippen molar-refractivity contribution in [1.29, 1.82) is 0 Å². The highest BCUT2D eigenvalue weighted by Crippen LogP contribution is 2.44. The molecule has 0 aliphatic heterocycles. The van der Waals surface area contributed by atoms with Crippen molar-refractivity contribution in [2.75, 3.05) is 19.6 Å². The van der Waals surface area contributed by atoms with Crippen LogP contribution in [0.4, 0.5) is 0 Å². The quantitative estimate of drug-likeness (QED) is 0.297. The Morgan fingerprint density at radius 3 is 1.90 bits per heavy atom. The summed E-state index contributed by atoms with van der Waals surface area (Å²) in [4.78, 5) is 12.0. The smallest absolute Gasteiger partial charge is 0.309 e. The van der Waals surface area contributed by atoms with Gasteiger partial charge in [0.1, 0.15) is 0 Å². The lowest BCUT2D eigenvalue weighted by molar-refractivity contribution is -0.151. The summed E-state index contributed by atoms with van der Waals surface area (Å²) in [6.07, 6.45) is 2.48. The molecule has 21 heavy (non-hydrogen) atoms. The lowest BCUT2D eigenvalue weighted by atomic mass is 9.70. The fraction of sp³-hybridized carbons (Fsp3) is 0.933. The number of carboxylic acid groups (broad SMARTS) is 1. The van der Waals surface area contributed by atoms with Crippen molar-refractivity contribution in [2.45, 2.75) is 62.9 Å². The van der Waals surface area contributed by atoms with E-state index in [9.17, 15) is 9.90 Å². The van der Waals surface area contributed by atoms with Crippen LogP contribution < -0.4 is 11.1 Å². The first kappa shape index (κ1) is 21.1. The van der Waals surface area contributed by atoms with E-state index in [4.69, 9.17) is 5.73 Å². The Morgan fingerprint density at radius 1 is 1.10 bits per heavy atom. The van der Waals surface area contributed by atoms with Gasteiger partial charge in [0.15, 0.2) is 0 Å². The minimum absolute atomic E-state index is 0.331. The predicted molar refractivity (Wildman–Crippen MR) is 96.6 cm³/mol. The fourth-order valence-corrected chi connectivity index (χ4v) is 3.54. The number of hydrogen-bond donors (Lipinski definition) is 5. The Morgan fingerprint density at radius 2 is 1.57 bits per heavy atom. The normalized spacial score (nSPS) is 13.5. The van der Waals surface area contributed by atoms with E-state index in [-0.39, 0.29) is 9.49 Å². The third-order valence-electron chi connectivity index (χ3n) is 3.33. The molecule has 0 heterocycles. The van der Waals surface area contributed by atoms with E-state index in [2.05, 4.69) is 30.6 Å². The zero-order chi connectivity index (χ0) is 16.7. The van der Waals surface area contributed by atoms with Crippen molar-refractivity contribution in [3.8, 4) is 0 Å². The van der Waals surface area contributed by atoms with Crippen LogP contribution in [0.5, 0.6) is 0 Å². The molecule has 0 unspecified atom stereocenters. The molecule has 4 N–H and O–H groups in total. The lowest BCUT2D eigenvalue weighted by Gasteiger charge is -2.39. The van der Waals surface area contributed by atoms with E-state index in [0.29, 0.717) is 25.8 Å². The van der Waals surface area contributed by atoms with E-state index in [1.807, 2.05) is 27.7 Å². The molecular formula is C15H32N2O2S2. The number of hydrogen-bond acceptors (Lipinski definition) is 5. The van der Waals surface area contributed by atoms with Crippen LogP contribution in [0, 0.1) is 5.41 Å². The first-order valence-corrected chi connectivity index (χ1v) is 8.40. The molecule has 0 fully saturated rings. The zero-order valence-corrected chi connectivity index (χ0v) is 15.6. The maximum atomic E-state index is 12.0. The Kier molecular flexibility index (Phi) is 8.69.